The van der Waals surface area contributed by atoms with Gasteiger partial charge >= 0.3 is 0 Å². The van der Waals surface area contributed by atoms with Crippen LogP contribution in [0.1, 0.15) is 124 Å². The van der Waals surface area contributed by atoms with E-state index in [9.17, 15) is 9.59 Å². The van der Waals surface area contributed by atoms with Crippen LogP contribution >= 0.6 is 0 Å². The largest absolute Gasteiger partial charge is 0.290 e. The highest BCUT2D eigenvalue weighted by Crippen LogP contribution is 2.56. The van der Waals surface area contributed by atoms with Crippen LogP contribution in [0, 0.1) is 11.8 Å². The molecule has 2 aromatic rings. The number of unbranched alkanes of at least 4 members (excludes halogenated alkanes) is 2. The van der Waals surface area contributed by atoms with E-state index in [1.165, 1.54) is 49.7 Å². The fourth-order valence-electron chi connectivity index (χ4n) is 6.34. The average Bonchev–Trinajstić information content (AvgIpc) is 3.20. The molecule has 0 aliphatic heterocycles. The number of carbonyl (C=O) groups excluding carboxylic acids is 2. The van der Waals surface area contributed by atoms with Crippen LogP contribution in [0.25, 0.3) is 11.1 Å². The summed E-state index contributed by atoms with van der Waals surface area (Å²) in [4.78, 5) is 25.2. The summed E-state index contributed by atoms with van der Waals surface area (Å²) in [5.41, 5.74) is 10.2. The Bertz CT molecular complexity index is 995. The molecule has 2 atom stereocenters. The molecule has 2 amide bonds. The van der Waals surface area contributed by atoms with Gasteiger partial charge in [-0.2, -0.15) is 0 Å². The highest BCUT2D eigenvalue weighted by molar-refractivity contribution is 5.98. The van der Waals surface area contributed by atoms with Gasteiger partial charge in [-0.25, -0.2) is 11.7 Å². The second-order valence-corrected chi connectivity index (χ2v) is 10.8. The molecule has 1 aliphatic carbocycles. The van der Waals surface area contributed by atoms with Crippen molar-refractivity contribution in [1.29, 1.82) is 0 Å². The molecule has 6 heteroatoms. The number of nitrogens with one attached hydrogen (secondary N) is 2. The molecule has 0 spiro atoms. The van der Waals surface area contributed by atoms with E-state index in [2.05, 4.69) is 62.8 Å². The van der Waals surface area contributed by atoms with Gasteiger partial charge in [-0.15, -0.1) is 0 Å². The molecule has 1 aliphatic rings. The highest BCUT2D eigenvalue weighted by atomic mass is 16.2. The van der Waals surface area contributed by atoms with E-state index in [0.717, 1.165) is 36.8 Å². The molecular formula is C31H46N4O2. The number of rotatable bonds is 14. The van der Waals surface area contributed by atoms with Gasteiger partial charge < -0.3 is 0 Å². The van der Waals surface area contributed by atoms with E-state index < -0.39 is 0 Å². The molecule has 2 unspecified atom stereocenters. The number of benzene rings is 2. The van der Waals surface area contributed by atoms with Crippen molar-refractivity contribution in [3.8, 4) is 11.1 Å². The van der Waals surface area contributed by atoms with E-state index in [1.807, 2.05) is 12.1 Å². The molecule has 0 radical (unpaired) electrons. The van der Waals surface area contributed by atoms with Gasteiger partial charge in [-0.05, 0) is 71.2 Å². The third-order valence-electron chi connectivity index (χ3n) is 8.51. The minimum absolute atomic E-state index is 0.285. The van der Waals surface area contributed by atoms with E-state index >= 15 is 0 Å². The molecule has 0 aromatic heterocycles. The summed E-state index contributed by atoms with van der Waals surface area (Å²) in [7, 11) is 0. The van der Waals surface area contributed by atoms with Crippen LogP contribution in [-0.2, 0) is 5.41 Å². The molecular weight excluding hydrogens is 460 g/mol. The fraction of sp³-hybridized carbons (Fsp3) is 0.548. The summed E-state index contributed by atoms with van der Waals surface area (Å²) in [6.45, 7) is 9.07. The van der Waals surface area contributed by atoms with E-state index in [0.29, 0.717) is 23.0 Å². The summed E-state index contributed by atoms with van der Waals surface area (Å²) in [6, 6.07) is 11.9. The van der Waals surface area contributed by atoms with E-state index in [-0.39, 0.29) is 17.2 Å². The van der Waals surface area contributed by atoms with Gasteiger partial charge in [-0.1, -0.05) is 91.2 Å². The van der Waals surface area contributed by atoms with Gasteiger partial charge in [0, 0.05) is 16.5 Å². The number of nitrogen functional groups attached to an aromatic ring is 2. The zero-order valence-corrected chi connectivity index (χ0v) is 23.2. The Morgan fingerprint density at radius 1 is 0.730 bits per heavy atom. The zero-order valence-electron chi connectivity index (χ0n) is 23.2. The molecule has 0 saturated heterocycles. The molecule has 37 heavy (non-hydrogen) atoms. The number of hydrazine groups is 2. The van der Waals surface area contributed by atoms with Crippen molar-refractivity contribution in [3.63, 3.8) is 0 Å². The monoisotopic (exact) mass is 506 g/mol. The van der Waals surface area contributed by atoms with E-state index in [1.54, 1.807) is 0 Å². The number of nitrogens with two attached hydrogens (primary N) is 2. The van der Waals surface area contributed by atoms with Crippen molar-refractivity contribution in [1.82, 2.24) is 10.9 Å². The van der Waals surface area contributed by atoms with Crippen molar-refractivity contribution in [2.45, 2.75) is 97.3 Å². The number of fused-ring (bicyclic) bond motifs is 3. The van der Waals surface area contributed by atoms with Crippen LogP contribution in [0.3, 0.4) is 0 Å². The first-order valence-electron chi connectivity index (χ1n) is 14.2. The quantitative estimate of drug-likeness (QED) is 0.135. The molecule has 2 aromatic carbocycles. The second kappa shape index (κ2) is 13.2. The van der Waals surface area contributed by atoms with Crippen molar-refractivity contribution in [3.05, 3.63) is 58.7 Å². The average molecular weight is 507 g/mol. The first kappa shape index (κ1) is 28.9. The number of carbonyl (C=O) groups is 2. The smallest absolute Gasteiger partial charge is 0.265 e. The van der Waals surface area contributed by atoms with Crippen molar-refractivity contribution < 1.29 is 9.59 Å². The SMILES string of the molecule is CCCCC(CC)CC1(CC(CC)CCCC)c2cc(C(=O)NN)ccc2-c2ccc(C(=O)NN)cc21. The van der Waals surface area contributed by atoms with Gasteiger partial charge in [0.05, 0.1) is 0 Å². The highest BCUT2D eigenvalue weighted by Gasteiger charge is 2.45. The minimum Gasteiger partial charge on any atom is -0.290 e. The molecule has 3 rings (SSSR count). The van der Waals surface area contributed by atoms with Crippen LogP contribution in [0.15, 0.2) is 36.4 Å². The maximum absolute atomic E-state index is 12.6. The van der Waals surface area contributed by atoms with Crippen molar-refractivity contribution in [2.75, 3.05) is 0 Å². The fourth-order valence-corrected chi connectivity index (χ4v) is 6.34. The molecule has 0 bridgehead atoms. The predicted octanol–water partition coefficient (Wildman–Crippen LogP) is 6.37. The van der Waals surface area contributed by atoms with Gasteiger partial charge in [0.1, 0.15) is 0 Å². The Hall–Kier alpha value is -2.70. The normalized spacial score (nSPS) is 15.0. The van der Waals surface area contributed by atoms with Crippen LogP contribution < -0.4 is 22.5 Å². The minimum atomic E-state index is -0.288. The Morgan fingerprint density at radius 3 is 1.46 bits per heavy atom. The zero-order chi connectivity index (χ0) is 27.0. The third-order valence-corrected chi connectivity index (χ3v) is 8.51. The molecule has 0 heterocycles. The number of hydrogen-bond acceptors (Lipinski definition) is 4. The summed E-state index contributed by atoms with van der Waals surface area (Å²) in [6.07, 6.45) is 11.3. The Balaban J connectivity index is 2.29. The second-order valence-electron chi connectivity index (χ2n) is 10.8. The first-order valence-corrected chi connectivity index (χ1v) is 14.2. The number of hydrogen-bond donors (Lipinski definition) is 4. The van der Waals surface area contributed by atoms with Crippen molar-refractivity contribution >= 4 is 11.8 Å². The maximum atomic E-state index is 12.6. The maximum Gasteiger partial charge on any atom is 0.265 e. The van der Waals surface area contributed by atoms with Gasteiger partial charge in [0.15, 0.2) is 0 Å². The van der Waals surface area contributed by atoms with Crippen LogP contribution in [0.2, 0.25) is 0 Å². The topological polar surface area (TPSA) is 110 Å². The lowest BCUT2D eigenvalue weighted by Crippen LogP contribution is -2.34. The molecule has 6 N–H and O–H groups in total. The Kier molecular flexibility index (Phi) is 10.3. The lowest BCUT2D eigenvalue weighted by molar-refractivity contribution is 0.0945. The Labute approximate surface area is 222 Å². The summed E-state index contributed by atoms with van der Waals surface area (Å²) in [5, 5.41) is 0. The van der Waals surface area contributed by atoms with Crippen molar-refractivity contribution in [2.24, 2.45) is 23.5 Å². The predicted molar refractivity (Wildman–Crippen MR) is 152 cm³/mol. The van der Waals surface area contributed by atoms with Crippen LogP contribution in [0.5, 0.6) is 0 Å². The summed E-state index contributed by atoms with van der Waals surface area (Å²) >= 11 is 0. The molecule has 0 saturated carbocycles. The summed E-state index contributed by atoms with van der Waals surface area (Å²) in [5.74, 6) is 11.6. The first-order chi connectivity index (χ1) is 17.9. The molecule has 0 fully saturated rings. The Morgan fingerprint density at radius 2 is 1.14 bits per heavy atom. The lowest BCUT2D eigenvalue weighted by atomic mass is 9.65. The standard InChI is InChI=1S/C31H46N4O2/c1-5-9-11-21(7-3)19-31(20-22(8-4)12-10-6-2)27-17-23(29(36)34-32)13-15-25(27)26-16-14-24(18-28(26)31)30(37)35-33/h13-18,21-22H,5-12,19-20,32-33H2,1-4H3,(H,34,36)(H,35,37). The van der Waals surface area contributed by atoms with Gasteiger partial charge in [0.25, 0.3) is 11.8 Å². The van der Waals surface area contributed by atoms with Gasteiger partial charge in [-0.3, -0.25) is 20.4 Å². The van der Waals surface area contributed by atoms with E-state index in [4.69, 9.17) is 11.7 Å². The lowest BCUT2D eigenvalue weighted by Gasteiger charge is -2.39. The number of amides is 2. The van der Waals surface area contributed by atoms with Crippen LogP contribution in [-0.4, -0.2) is 11.8 Å². The molecule has 202 valence electrons. The molecule has 6 nitrogen and oxygen atoms in total. The van der Waals surface area contributed by atoms with Crippen LogP contribution in [0.4, 0.5) is 0 Å². The van der Waals surface area contributed by atoms with Gasteiger partial charge in [0.2, 0.25) is 0 Å². The summed E-state index contributed by atoms with van der Waals surface area (Å²) < 4.78 is 0. The third kappa shape index (κ3) is 6.07.